The highest BCUT2D eigenvalue weighted by Crippen LogP contribution is 2.04. The Bertz CT molecular complexity index is 341. The van der Waals surface area contributed by atoms with Gasteiger partial charge in [-0.25, -0.2) is 0 Å². The molecule has 16 heavy (non-hydrogen) atoms. The Morgan fingerprint density at radius 3 is 2.56 bits per heavy atom. The smallest absolute Gasteiger partial charge is 0.306 e. The van der Waals surface area contributed by atoms with Crippen molar-refractivity contribution < 1.29 is 9.53 Å². The summed E-state index contributed by atoms with van der Waals surface area (Å²) in [7, 11) is 0. The lowest BCUT2D eigenvalue weighted by atomic mass is 10.1. The summed E-state index contributed by atoms with van der Waals surface area (Å²) in [4.78, 5) is 11.3. The van der Waals surface area contributed by atoms with Gasteiger partial charge in [-0.15, -0.1) is 6.58 Å². The molecule has 0 aliphatic rings. The molecular weight excluding hydrogens is 200 g/mol. The summed E-state index contributed by atoms with van der Waals surface area (Å²) in [6, 6.07) is 9.94. The van der Waals surface area contributed by atoms with Gasteiger partial charge in [-0.2, -0.15) is 0 Å². The minimum Gasteiger partial charge on any atom is -0.465 e. The minimum atomic E-state index is -0.134. The maximum Gasteiger partial charge on any atom is 0.306 e. The molecule has 0 saturated carbocycles. The van der Waals surface area contributed by atoms with Crippen LogP contribution in [0.3, 0.4) is 0 Å². The van der Waals surface area contributed by atoms with Crippen LogP contribution in [-0.2, 0) is 16.0 Å². The van der Waals surface area contributed by atoms with E-state index >= 15 is 0 Å². The van der Waals surface area contributed by atoms with E-state index in [9.17, 15) is 4.79 Å². The van der Waals surface area contributed by atoms with Crippen molar-refractivity contribution in [1.82, 2.24) is 0 Å². The third-order valence-corrected chi connectivity index (χ3v) is 2.25. The first-order valence-corrected chi connectivity index (χ1v) is 5.52. The first kappa shape index (κ1) is 12.5. The van der Waals surface area contributed by atoms with Crippen molar-refractivity contribution in [1.29, 1.82) is 0 Å². The first-order chi connectivity index (χ1) is 7.68. The quantitative estimate of drug-likeness (QED) is 0.541. The van der Waals surface area contributed by atoms with Gasteiger partial charge in [-0.3, -0.25) is 4.79 Å². The van der Waals surface area contributed by atoms with Gasteiger partial charge in [0.25, 0.3) is 0 Å². The monoisotopic (exact) mass is 218 g/mol. The molecule has 86 valence electrons. The number of hydrogen-bond acceptors (Lipinski definition) is 2. The van der Waals surface area contributed by atoms with Crippen LogP contribution in [0.25, 0.3) is 0 Å². The lowest BCUT2D eigenvalue weighted by Crippen LogP contribution is -2.07. The van der Waals surface area contributed by atoms with Gasteiger partial charge in [0.2, 0.25) is 0 Å². The molecule has 0 aromatic heterocycles. The first-order valence-electron chi connectivity index (χ1n) is 5.52. The third kappa shape index (κ3) is 5.35. The summed E-state index contributed by atoms with van der Waals surface area (Å²) < 4.78 is 5.07. The lowest BCUT2D eigenvalue weighted by molar-refractivity contribution is -0.143. The molecule has 1 aromatic carbocycles. The highest BCUT2D eigenvalue weighted by Gasteiger charge is 2.02. The Kier molecular flexibility index (Phi) is 5.34. The van der Waals surface area contributed by atoms with Crippen molar-refractivity contribution in [2.24, 2.45) is 0 Å². The molecular formula is C14H18O2. The van der Waals surface area contributed by atoms with Crippen molar-refractivity contribution in [2.75, 3.05) is 6.61 Å². The van der Waals surface area contributed by atoms with Crippen LogP contribution < -0.4 is 0 Å². The van der Waals surface area contributed by atoms with E-state index in [-0.39, 0.29) is 5.97 Å². The molecule has 0 saturated heterocycles. The van der Waals surface area contributed by atoms with Crippen LogP contribution in [0.15, 0.2) is 42.5 Å². The van der Waals surface area contributed by atoms with Crippen molar-refractivity contribution in [3.05, 3.63) is 48.0 Å². The summed E-state index contributed by atoms with van der Waals surface area (Å²) >= 11 is 0. The average Bonchev–Trinajstić information content (AvgIpc) is 2.27. The second-order valence-electron chi connectivity index (χ2n) is 3.91. The Morgan fingerprint density at radius 2 is 1.94 bits per heavy atom. The Morgan fingerprint density at radius 1 is 1.25 bits per heavy atom. The van der Waals surface area contributed by atoms with Crippen molar-refractivity contribution >= 4 is 5.97 Å². The second-order valence-corrected chi connectivity index (χ2v) is 3.91. The van der Waals surface area contributed by atoms with Gasteiger partial charge in [-0.05, 0) is 18.9 Å². The minimum absolute atomic E-state index is 0.134. The van der Waals surface area contributed by atoms with E-state index in [0.29, 0.717) is 13.0 Å². The van der Waals surface area contributed by atoms with Crippen LogP contribution in [0.4, 0.5) is 0 Å². The molecule has 0 N–H and O–H groups in total. The van der Waals surface area contributed by atoms with Crippen molar-refractivity contribution in [3.8, 4) is 0 Å². The number of carbonyl (C=O) groups excluding carboxylic acids is 1. The number of esters is 1. The summed E-state index contributed by atoms with van der Waals surface area (Å²) in [5.41, 5.74) is 2.20. The van der Waals surface area contributed by atoms with E-state index < -0.39 is 0 Å². The van der Waals surface area contributed by atoms with E-state index in [1.54, 1.807) is 0 Å². The number of carbonyl (C=O) groups is 1. The molecule has 0 amide bonds. The SMILES string of the molecule is C=C(C)CCOC(=O)CCc1ccccc1. The van der Waals surface area contributed by atoms with Crippen LogP contribution in [0.1, 0.15) is 25.3 Å². The highest BCUT2D eigenvalue weighted by molar-refractivity contribution is 5.69. The maximum atomic E-state index is 11.3. The van der Waals surface area contributed by atoms with E-state index in [2.05, 4.69) is 6.58 Å². The van der Waals surface area contributed by atoms with E-state index in [0.717, 1.165) is 18.4 Å². The molecule has 0 fully saturated rings. The van der Waals surface area contributed by atoms with Gasteiger partial charge in [0.05, 0.1) is 6.61 Å². The van der Waals surface area contributed by atoms with E-state index in [1.165, 1.54) is 5.56 Å². The van der Waals surface area contributed by atoms with Crippen LogP contribution in [-0.4, -0.2) is 12.6 Å². The summed E-state index contributed by atoms with van der Waals surface area (Å²) in [6.45, 7) is 6.13. The van der Waals surface area contributed by atoms with Gasteiger partial charge in [0.15, 0.2) is 0 Å². The van der Waals surface area contributed by atoms with Crippen LogP contribution in [0.5, 0.6) is 0 Å². The number of benzene rings is 1. The zero-order valence-electron chi connectivity index (χ0n) is 9.74. The molecule has 0 spiro atoms. The molecule has 0 bridgehead atoms. The number of hydrogen-bond donors (Lipinski definition) is 0. The van der Waals surface area contributed by atoms with Gasteiger partial charge < -0.3 is 4.74 Å². The fourth-order valence-electron chi connectivity index (χ4n) is 1.30. The van der Waals surface area contributed by atoms with Crippen LogP contribution >= 0.6 is 0 Å². The molecule has 0 aliphatic heterocycles. The molecule has 1 rings (SSSR count). The van der Waals surface area contributed by atoms with Crippen LogP contribution in [0.2, 0.25) is 0 Å². The lowest BCUT2D eigenvalue weighted by Gasteiger charge is -2.04. The summed E-state index contributed by atoms with van der Waals surface area (Å²) in [6.07, 6.45) is 1.93. The van der Waals surface area contributed by atoms with Gasteiger partial charge in [0.1, 0.15) is 0 Å². The zero-order chi connectivity index (χ0) is 11.8. The average molecular weight is 218 g/mol. The second kappa shape index (κ2) is 6.83. The van der Waals surface area contributed by atoms with Gasteiger partial charge in [0, 0.05) is 12.8 Å². The fraction of sp³-hybridized carbons (Fsp3) is 0.357. The summed E-state index contributed by atoms with van der Waals surface area (Å²) in [5.74, 6) is -0.134. The topological polar surface area (TPSA) is 26.3 Å². The largest absolute Gasteiger partial charge is 0.465 e. The van der Waals surface area contributed by atoms with Crippen molar-refractivity contribution in [3.63, 3.8) is 0 Å². The Labute approximate surface area is 96.9 Å². The predicted octanol–water partition coefficient (Wildman–Crippen LogP) is 3.13. The molecule has 0 radical (unpaired) electrons. The molecule has 2 nitrogen and oxygen atoms in total. The Hall–Kier alpha value is -1.57. The highest BCUT2D eigenvalue weighted by atomic mass is 16.5. The maximum absolute atomic E-state index is 11.3. The third-order valence-electron chi connectivity index (χ3n) is 2.25. The van der Waals surface area contributed by atoms with E-state index in [1.807, 2.05) is 37.3 Å². The van der Waals surface area contributed by atoms with Gasteiger partial charge >= 0.3 is 5.97 Å². The van der Waals surface area contributed by atoms with Crippen molar-refractivity contribution in [2.45, 2.75) is 26.2 Å². The van der Waals surface area contributed by atoms with E-state index in [4.69, 9.17) is 4.74 Å². The molecule has 0 heterocycles. The molecule has 1 aromatic rings. The molecule has 0 aliphatic carbocycles. The van der Waals surface area contributed by atoms with Gasteiger partial charge in [-0.1, -0.05) is 35.9 Å². The normalized spacial score (nSPS) is 9.81. The fourth-order valence-corrected chi connectivity index (χ4v) is 1.30. The summed E-state index contributed by atoms with van der Waals surface area (Å²) in [5, 5.41) is 0. The zero-order valence-corrected chi connectivity index (χ0v) is 9.74. The standard InChI is InChI=1S/C14H18O2/c1-12(2)10-11-16-14(15)9-8-13-6-4-3-5-7-13/h3-7H,1,8-11H2,2H3. The number of aryl methyl sites for hydroxylation is 1. The van der Waals surface area contributed by atoms with Crippen LogP contribution in [0, 0.1) is 0 Å². The molecule has 2 heteroatoms. The number of rotatable bonds is 6. The molecule has 0 atom stereocenters. The predicted molar refractivity (Wildman–Crippen MR) is 65.2 cm³/mol. The molecule has 0 unspecified atom stereocenters. The number of ether oxygens (including phenoxy) is 1. The Balaban J connectivity index is 2.18.